The molecule has 1 aromatic heterocycles. The smallest absolute Gasteiger partial charge is 0.408 e. The van der Waals surface area contributed by atoms with Gasteiger partial charge in [-0.05, 0) is 63.1 Å². The van der Waals surface area contributed by atoms with Crippen LogP contribution in [0.2, 0.25) is 5.28 Å². The first-order valence-corrected chi connectivity index (χ1v) is 10.1. The summed E-state index contributed by atoms with van der Waals surface area (Å²) in [4.78, 5) is 22.2. The highest BCUT2D eigenvalue weighted by Gasteiger charge is 2.25. The van der Waals surface area contributed by atoms with Gasteiger partial charge in [0.05, 0.1) is 12.6 Å². The van der Waals surface area contributed by atoms with Crippen LogP contribution in [-0.2, 0) is 4.74 Å². The number of nitrogens with zero attached hydrogens (tertiary/aromatic N) is 3. The number of carbonyl (C=O) groups is 1. The maximum atomic E-state index is 11.9. The molecule has 7 nitrogen and oxygen atoms in total. The molecule has 0 spiro atoms. The van der Waals surface area contributed by atoms with Gasteiger partial charge in [-0.2, -0.15) is 0 Å². The summed E-state index contributed by atoms with van der Waals surface area (Å²) in [6, 6.07) is 9.44. The summed E-state index contributed by atoms with van der Waals surface area (Å²) < 4.78 is 11.4. The Kier molecular flexibility index (Phi) is 6.47. The Morgan fingerprint density at radius 3 is 2.66 bits per heavy atom. The van der Waals surface area contributed by atoms with Gasteiger partial charge in [0, 0.05) is 19.2 Å². The van der Waals surface area contributed by atoms with Gasteiger partial charge in [0.25, 0.3) is 0 Å². The van der Waals surface area contributed by atoms with Crippen LogP contribution >= 0.6 is 11.6 Å². The molecule has 0 radical (unpaired) electrons. The number of carbonyl (C=O) groups excluding carboxylic acids is 1. The molecule has 2 aromatic rings. The van der Waals surface area contributed by atoms with Crippen LogP contribution < -0.4 is 15.0 Å². The van der Waals surface area contributed by atoms with Crippen LogP contribution in [0, 0.1) is 0 Å². The Labute approximate surface area is 176 Å². The largest absolute Gasteiger partial charge is 0.489 e. The second kappa shape index (κ2) is 8.86. The maximum absolute atomic E-state index is 11.9. The van der Waals surface area contributed by atoms with E-state index in [0.29, 0.717) is 0 Å². The minimum Gasteiger partial charge on any atom is -0.489 e. The number of amides is 1. The number of hydrogen-bond acceptors (Lipinski definition) is 6. The van der Waals surface area contributed by atoms with E-state index in [2.05, 4.69) is 20.2 Å². The van der Waals surface area contributed by atoms with Crippen LogP contribution in [0.25, 0.3) is 0 Å². The number of ether oxygens (including phenoxy) is 2. The molecule has 1 saturated heterocycles. The number of aromatic nitrogens is 2. The van der Waals surface area contributed by atoms with Gasteiger partial charge < -0.3 is 19.7 Å². The molecule has 0 bridgehead atoms. The molecule has 156 valence electrons. The second-order valence-corrected chi connectivity index (χ2v) is 8.43. The van der Waals surface area contributed by atoms with Crippen molar-refractivity contribution >= 4 is 23.5 Å². The van der Waals surface area contributed by atoms with Gasteiger partial charge in [-0.3, -0.25) is 0 Å². The maximum Gasteiger partial charge on any atom is 0.408 e. The lowest BCUT2D eigenvalue weighted by molar-refractivity contribution is 0.0508. The Hall–Kier alpha value is -2.54. The van der Waals surface area contributed by atoms with Crippen molar-refractivity contribution in [1.29, 1.82) is 0 Å². The molecule has 2 atom stereocenters. The van der Waals surface area contributed by atoms with Crippen LogP contribution in [0.1, 0.15) is 45.7 Å². The van der Waals surface area contributed by atoms with E-state index in [9.17, 15) is 4.79 Å². The van der Waals surface area contributed by atoms with E-state index >= 15 is 0 Å². The van der Waals surface area contributed by atoms with Crippen LogP contribution in [-0.4, -0.2) is 40.9 Å². The van der Waals surface area contributed by atoms with Gasteiger partial charge in [0.1, 0.15) is 23.3 Å². The lowest BCUT2D eigenvalue weighted by Crippen LogP contribution is -2.34. The van der Waals surface area contributed by atoms with Crippen LogP contribution in [0.4, 0.5) is 10.6 Å². The molecule has 1 aliphatic heterocycles. The van der Waals surface area contributed by atoms with E-state index in [0.717, 1.165) is 36.6 Å². The van der Waals surface area contributed by atoms with E-state index in [-0.39, 0.29) is 17.4 Å². The summed E-state index contributed by atoms with van der Waals surface area (Å²) in [6.45, 7) is 9.03. The highest BCUT2D eigenvalue weighted by molar-refractivity contribution is 6.28. The lowest BCUT2D eigenvalue weighted by Gasteiger charge is -2.22. The van der Waals surface area contributed by atoms with E-state index in [4.69, 9.17) is 21.1 Å². The lowest BCUT2D eigenvalue weighted by atomic mass is 10.1. The predicted molar refractivity (Wildman–Crippen MR) is 113 cm³/mol. The molecule has 3 rings (SSSR count). The highest BCUT2D eigenvalue weighted by Crippen LogP contribution is 2.24. The number of halogens is 1. The SMILES string of the molecule is C[C@H](NC(=O)OC(C)(C)C)c1ccc(O[C@@H]2CCN(c3ccnc(Cl)n3)C2)cc1. The topological polar surface area (TPSA) is 76.6 Å². The van der Waals surface area contributed by atoms with Gasteiger partial charge in [-0.25, -0.2) is 14.8 Å². The third kappa shape index (κ3) is 6.22. The Bertz CT molecular complexity index is 839. The van der Waals surface area contributed by atoms with Crippen LogP contribution in [0.5, 0.6) is 5.75 Å². The zero-order valence-corrected chi connectivity index (χ0v) is 17.9. The van der Waals surface area contributed by atoms with Crippen molar-refractivity contribution in [3.63, 3.8) is 0 Å². The molecule has 29 heavy (non-hydrogen) atoms. The third-order valence-electron chi connectivity index (χ3n) is 4.50. The van der Waals surface area contributed by atoms with Crippen molar-refractivity contribution in [3.05, 3.63) is 47.4 Å². The number of hydrogen-bond donors (Lipinski definition) is 1. The Morgan fingerprint density at radius 2 is 2.00 bits per heavy atom. The number of benzene rings is 1. The molecule has 1 aromatic carbocycles. The molecule has 0 unspecified atom stereocenters. The van der Waals surface area contributed by atoms with Gasteiger partial charge in [0.2, 0.25) is 5.28 Å². The number of rotatable bonds is 5. The zero-order chi connectivity index (χ0) is 21.0. The Balaban J connectivity index is 1.52. The molecule has 1 fully saturated rings. The van der Waals surface area contributed by atoms with E-state index in [1.807, 2.05) is 58.0 Å². The van der Waals surface area contributed by atoms with Gasteiger partial charge in [-0.1, -0.05) is 12.1 Å². The first-order chi connectivity index (χ1) is 13.7. The summed E-state index contributed by atoms with van der Waals surface area (Å²) >= 11 is 5.88. The molecule has 2 heterocycles. The van der Waals surface area contributed by atoms with Crippen molar-refractivity contribution in [3.8, 4) is 5.75 Å². The molecular formula is C21H27ClN4O3. The monoisotopic (exact) mass is 418 g/mol. The van der Waals surface area contributed by atoms with Gasteiger partial charge in [0.15, 0.2) is 0 Å². The van der Waals surface area contributed by atoms with Crippen molar-refractivity contribution in [1.82, 2.24) is 15.3 Å². The second-order valence-electron chi connectivity index (χ2n) is 8.10. The summed E-state index contributed by atoms with van der Waals surface area (Å²) in [5, 5.41) is 3.09. The van der Waals surface area contributed by atoms with Crippen LogP contribution in [0.3, 0.4) is 0 Å². The van der Waals surface area contributed by atoms with Gasteiger partial charge in [-0.15, -0.1) is 0 Å². The van der Waals surface area contributed by atoms with Gasteiger partial charge >= 0.3 is 6.09 Å². The average Bonchev–Trinajstić information content (AvgIpc) is 3.09. The van der Waals surface area contributed by atoms with E-state index in [1.54, 1.807) is 6.20 Å². The standard InChI is InChI=1S/C21H27ClN4O3/c1-14(24-20(27)29-21(2,3)4)15-5-7-16(8-6-15)28-17-10-12-26(13-17)18-9-11-23-19(22)25-18/h5-9,11,14,17H,10,12-13H2,1-4H3,(H,24,27)/t14-,17+/m0/s1. The predicted octanol–water partition coefficient (Wildman–Crippen LogP) is 4.37. The van der Waals surface area contributed by atoms with E-state index in [1.165, 1.54) is 0 Å². The highest BCUT2D eigenvalue weighted by atomic mass is 35.5. The summed E-state index contributed by atoms with van der Waals surface area (Å²) in [5.74, 6) is 1.61. The van der Waals surface area contributed by atoms with Crippen molar-refractivity contribution in [2.75, 3.05) is 18.0 Å². The average molecular weight is 419 g/mol. The van der Waals surface area contributed by atoms with Crippen molar-refractivity contribution in [2.45, 2.75) is 51.9 Å². The zero-order valence-electron chi connectivity index (χ0n) is 17.2. The minimum absolute atomic E-state index is 0.0758. The van der Waals surface area contributed by atoms with E-state index < -0.39 is 11.7 Å². The molecule has 8 heteroatoms. The third-order valence-corrected chi connectivity index (χ3v) is 4.68. The number of anilines is 1. The molecular weight excluding hydrogens is 392 g/mol. The molecule has 1 aliphatic rings. The normalized spacial score (nSPS) is 17.7. The summed E-state index contributed by atoms with van der Waals surface area (Å²) in [7, 11) is 0. The van der Waals surface area contributed by atoms with Crippen molar-refractivity contribution in [2.24, 2.45) is 0 Å². The molecule has 0 aliphatic carbocycles. The Morgan fingerprint density at radius 1 is 1.28 bits per heavy atom. The molecule has 1 N–H and O–H groups in total. The summed E-state index contributed by atoms with van der Waals surface area (Å²) in [6.07, 6.45) is 2.21. The number of nitrogens with one attached hydrogen (secondary N) is 1. The fourth-order valence-electron chi connectivity index (χ4n) is 3.13. The fourth-order valence-corrected chi connectivity index (χ4v) is 3.27. The number of alkyl carbamates (subject to hydrolysis) is 1. The minimum atomic E-state index is -0.520. The molecule has 1 amide bonds. The molecule has 0 saturated carbocycles. The fraction of sp³-hybridized carbons (Fsp3) is 0.476. The van der Waals surface area contributed by atoms with Crippen molar-refractivity contribution < 1.29 is 14.3 Å². The van der Waals surface area contributed by atoms with Crippen LogP contribution in [0.15, 0.2) is 36.5 Å². The summed E-state index contributed by atoms with van der Waals surface area (Å²) in [5.41, 5.74) is 0.459. The first kappa shape index (κ1) is 21.2. The first-order valence-electron chi connectivity index (χ1n) is 9.69. The quantitative estimate of drug-likeness (QED) is 0.726.